The fraction of sp³-hybridized carbons (Fsp3) is 0.571. The Kier molecular flexibility index (Phi) is 3.72. The first kappa shape index (κ1) is 9.17. The van der Waals surface area contributed by atoms with Crippen molar-refractivity contribution >= 4 is 5.91 Å². The Morgan fingerprint density at radius 3 is 2.50 bits per heavy atom. The molecule has 2 unspecified atom stereocenters. The molecular weight excluding hydrogens is 130 g/mol. The highest BCUT2D eigenvalue weighted by molar-refractivity contribution is 5.76. The Labute approximate surface area is 60.5 Å². The number of primary amides is 1. The van der Waals surface area contributed by atoms with Crippen molar-refractivity contribution in [1.82, 2.24) is 0 Å². The first-order valence-corrected chi connectivity index (χ1v) is 3.16. The molecule has 58 valence electrons. The largest absolute Gasteiger partial charge is 0.396 e. The molecule has 3 N–H and O–H groups in total. The Hall–Kier alpha value is -0.830. The molecule has 0 spiro atoms. The summed E-state index contributed by atoms with van der Waals surface area (Å²) >= 11 is 0. The predicted octanol–water partition coefficient (Wildman–Crippen LogP) is -0.0977. The number of amides is 1. The molecule has 0 saturated heterocycles. The molecule has 0 aliphatic carbocycles. The van der Waals surface area contributed by atoms with Crippen molar-refractivity contribution in [3.05, 3.63) is 12.7 Å². The Balaban J connectivity index is 4.00. The van der Waals surface area contributed by atoms with Crippen LogP contribution in [0.25, 0.3) is 0 Å². The lowest BCUT2D eigenvalue weighted by Crippen LogP contribution is -2.28. The summed E-state index contributed by atoms with van der Waals surface area (Å²) in [7, 11) is 0. The molecule has 2 atom stereocenters. The van der Waals surface area contributed by atoms with E-state index in [4.69, 9.17) is 10.8 Å². The van der Waals surface area contributed by atoms with E-state index in [9.17, 15) is 4.79 Å². The highest BCUT2D eigenvalue weighted by Crippen LogP contribution is 2.10. The molecule has 0 aromatic rings. The Morgan fingerprint density at radius 2 is 2.40 bits per heavy atom. The lowest BCUT2D eigenvalue weighted by molar-refractivity contribution is -0.122. The molecule has 0 bridgehead atoms. The molecule has 0 rings (SSSR count). The van der Waals surface area contributed by atoms with Gasteiger partial charge in [-0.05, 0) is 0 Å². The van der Waals surface area contributed by atoms with Crippen LogP contribution in [0.2, 0.25) is 0 Å². The van der Waals surface area contributed by atoms with Gasteiger partial charge in [0.05, 0.1) is 6.61 Å². The normalized spacial score (nSPS) is 15.8. The zero-order chi connectivity index (χ0) is 8.15. The van der Waals surface area contributed by atoms with Crippen LogP contribution < -0.4 is 5.73 Å². The summed E-state index contributed by atoms with van der Waals surface area (Å²) in [4.78, 5) is 10.5. The molecule has 1 amide bonds. The van der Waals surface area contributed by atoms with Gasteiger partial charge >= 0.3 is 0 Å². The summed E-state index contributed by atoms with van der Waals surface area (Å²) in [6, 6.07) is 0. The third kappa shape index (κ3) is 2.19. The quantitative estimate of drug-likeness (QED) is 0.540. The number of hydrogen-bond donors (Lipinski definition) is 2. The molecule has 0 aromatic carbocycles. The molecular formula is C7H13NO2. The van der Waals surface area contributed by atoms with E-state index in [1.807, 2.05) is 0 Å². The van der Waals surface area contributed by atoms with Crippen molar-refractivity contribution in [2.45, 2.75) is 6.92 Å². The van der Waals surface area contributed by atoms with Crippen LogP contribution in [-0.2, 0) is 4.79 Å². The van der Waals surface area contributed by atoms with Crippen LogP contribution in [0.1, 0.15) is 6.92 Å². The molecule has 0 fully saturated rings. The van der Waals surface area contributed by atoms with Gasteiger partial charge in [-0.3, -0.25) is 4.79 Å². The van der Waals surface area contributed by atoms with Crippen LogP contribution >= 0.6 is 0 Å². The van der Waals surface area contributed by atoms with E-state index in [1.165, 1.54) is 6.08 Å². The van der Waals surface area contributed by atoms with Gasteiger partial charge in [0.1, 0.15) is 0 Å². The maximum absolute atomic E-state index is 10.5. The summed E-state index contributed by atoms with van der Waals surface area (Å²) < 4.78 is 0. The van der Waals surface area contributed by atoms with Crippen LogP contribution in [0.15, 0.2) is 12.7 Å². The first-order valence-electron chi connectivity index (χ1n) is 3.16. The summed E-state index contributed by atoms with van der Waals surface area (Å²) in [6.07, 6.45) is 1.54. The second-order valence-corrected chi connectivity index (χ2v) is 2.27. The van der Waals surface area contributed by atoms with Gasteiger partial charge in [-0.15, -0.1) is 6.58 Å². The van der Waals surface area contributed by atoms with E-state index in [-0.39, 0.29) is 18.4 Å². The van der Waals surface area contributed by atoms with Crippen LogP contribution in [0.4, 0.5) is 0 Å². The third-order valence-electron chi connectivity index (χ3n) is 1.60. The van der Waals surface area contributed by atoms with Gasteiger partial charge in [-0.25, -0.2) is 0 Å². The van der Waals surface area contributed by atoms with E-state index in [0.717, 1.165) is 0 Å². The van der Waals surface area contributed by atoms with E-state index in [0.29, 0.717) is 0 Å². The monoisotopic (exact) mass is 143 g/mol. The predicted molar refractivity (Wildman–Crippen MR) is 39.1 cm³/mol. The van der Waals surface area contributed by atoms with Gasteiger partial charge in [-0.2, -0.15) is 0 Å². The van der Waals surface area contributed by atoms with Crippen LogP contribution in [0, 0.1) is 11.8 Å². The number of carbonyl (C=O) groups excluding carboxylic acids is 1. The number of aliphatic hydroxyl groups is 1. The number of nitrogens with two attached hydrogens (primary N) is 1. The molecule has 0 radical (unpaired) electrons. The van der Waals surface area contributed by atoms with Crippen molar-refractivity contribution in [3.8, 4) is 0 Å². The van der Waals surface area contributed by atoms with Crippen molar-refractivity contribution in [2.24, 2.45) is 17.6 Å². The van der Waals surface area contributed by atoms with Crippen LogP contribution in [0.5, 0.6) is 0 Å². The highest BCUT2D eigenvalue weighted by atomic mass is 16.3. The second-order valence-electron chi connectivity index (χ2n) is 2.27. The van der Waals surface area contributed by atoms with Gasteiger partial charge in [0, 0.05) is 11.8 Å². The van der Waals surface area contributed by atoms with E-state index < -0.39 is 5.91 Å². The minimum Gasteiger partial charge on any atom is -0.396 e. The Bertz CT molecular complexity index is 134. The smallest absolute Gasteiger partial charge is 0.220 e. The molecule has 0 aliphatic rings. The molecule has 3 heteroatoms. The fourth-order valence-electron chi connectivity index (χ4n) is 0.648. The van der Waals surface area contributed by atoms with Crippen molar-refractivity contribution in [3.63, 3.8) is 0 Å². The van der Waals surface area contributed by atoms with Crippen molar-refractivity contribution in [2.75, 3.05) is 6.61 Å². The first-order chi connectivity index (χ1) is 4.63. The van der Waals surface area contributed by atoms with E-state index in [1.54, 1.807) is 6.92 Å². The number of hydrogen-bond acceptors (Lipinski definition) is 2. The highest BCUT2D eigenvalue weighted by Gasteiger charge is 2.17. The third-order valence-corrected chi connectivity index (χ3v) is 1.60. The van der Waals surface area contributed by atoms with Gasteiger partial charge in [-0.1, -0.05) is 13.0 Å². The maximum atomic E-state index is 10.5. The number of carbonyl (C=O) groups is 1. The summed E-state index contributed by atoms with van der Waals surface area (Å²) in [5.41, 5.74) is 4.99. The van der Waals surface area contributed by atoms with Crippen LogP contribution in [-0.4, -0.2) is 17.6 Å². The maximum Gasteiger partial charge on any atom is 0.220 e. The molecule has 10 heavy (non-hydrogen) atoms. The molecule has 0 heterocycles. The number of aliphatic hydroxyl groups excluding tert-OH is 1. The summed E-state index contributed by atoms with van der Waals surface area (Å²) in [6.45, 7) is 5.06. The molecule has 3 nitrogen and oxygen atoms in total. The zero-order valence-electron chi connectivity index (χ0n) is 6.08. The standard InChI is InChI=1S/C7H13NO2/c1-3-6(4-9)5(2)7(8)10/h3,5-6,9H,1,4H2,2H3,(H2,8,10). The number of rotatable bonds is 4. The minimum atomic E-state index is -0.404. The average molecular weight is 143 g/mol. The van der Waals surface area contributed by atoms with Crippen molar-refractivity contribution < 1.29 is 9.90 Å². The molecule has 0 aliphatic heterocycles. The van der Waals surface area contributed by atoms with Gasteiger partial charge in [0.2, 0.25) is 5.91 Å². The lowest BCUT2D eigenvalue weighted by atomic mass is 9.95. The van der Waals surface area contributed by atoms with Crippen LogP contribution in [0.3, 0.4) is 0 Å². The SMILES string of the molecule is C=CC(CO)C(C)C(N)=O. The van der Waals surface area contributed by atoms with E-state index >= 15 is 0 Å². The van der Waals surface area contributed by atoms with Crippen molar-refractivity contribution in [1.29, 1.82) is 0 Å². The summed E-state index contributed by atoms with van der Waals surface area (Å²) in [5, 5.41) is 8.67. The second kappa shape index (κ2) is 4.06. The molecule has 0 saturated carbocycles. The average Bonchev–Trinajstić information content (AvgIpc) is 1.90. The summed E-state index contributed by atoms with van der Waals surface area (Å²) in [5.74, 6) is -0.945. The minimum absolute atomic E-state index is 0.0758. The zero-order valence-corrected chi connectivity index (χ0v) is 6.08. The van der Waals surface area contributed by atoms with Gasteiger partial charge in [0.15, 0.2) is 0 Å². The Morgan fingerprint density at radius 1 is 1.90 bits per heavy atom. The fourth-order valence-corrected chi connectivity index (χ4v) is 0.648. The van der Waals surface area contributed by atoms with Gasteiger partial charge in [0.25, 0.3) is 0 Å². The molecule has 0 aromatic heterocycles. The van der Waals surface area contributed by atoms with Gasteiger partial charge < -0.3 is 10.8 Å². The van der Waals surface area contributed by atoms with E-state index in [2.05, 4.69) is 6.58 Å². The topological polar surface area (TPSA) is 63.3 Å². The lowest BCUT2D eigenvalue weighted by Gasteiger charge is -2.13.